The number of hydrogen-bond acceptors (Lipinski definition) is 1. The predicted octanol–water partition coefficient (Wildman–Crippen LogP) is 1.02. The van der Waals surface area contributed by atoms with Gasteiger partial charge in [-0.3, -0.25) is 0 Å². The highest BCUT2D eigenvalue weighted by Crippen LogP contribution is 2.06. The molecule has 0 bridgehead atoms. The monoisotopic (exact) mass is 108 g/mol. The fourth-order valence-electron chi connectivity index (χ4n) is 0.740. The fourth-order valence-corrected chi connectivity index (χ4v) is 0.740. The van der Waals surface area contributed by atoms with Crippen LogP contribution in [0.3, 0.4) is 0 Å². The molecule has 0 amide bonds. The van der Waals surface area contributed by atoms with Crippen LogP contribution >= 0.6 is 0 Å². The molecule has 0 saturated carbocycles. The van der Waals surface area contributed by atoms with E-state index in [1.54, 1.807) is 0 Å². The molecule has 1 radical (unpaired) electrons. The van der Waals surface area contributed by atoms with E-state index in [0.29, 0.717) is 6.54 Å². The summed E-state index contributed by atoms with van der Waals surface area (Å²) >= 11 is 0. The number of hydrogen-bond donors (Lipinski definition) is 1. The molecule has 0 aliphatic heterocycles. The third-order valence-electron chi connectivity index (χ3n) is 1.25. The van der Waals surface area contributed by atoms with Crippen LogP contribution in [0.5, 0.6) is 0 Å². The first kappa shape index (κ1) is 5.57. The normalized spacial score (nSPS) is 18.4. The SMILES string of the molecule is NCC1=[C]CC=CC1. The van der Waals surface area contributed by atoms with Crippen LogP contribution in [-0.4, -0.2) is 6.54 Å². The zero-order valence-corrected chi connectivity index (χ0v) is 4.85. The maximum atomic E-state index is 5.37. The first-order chi connectivity index (χ1) is 3.93. The van der Waals surface area contributed by atoms with Gasteiger partial charge in [-0.2, -0.15) is 0 Å². The van der Waals surface area contributed by atoms with Crippen LogP contribution in [0.4, 0.5) is 0 Å². The van der Waals surface area contributed by atoms with Gasteiger partial charge in [0.2, 0.25) is 0 Å². The second-order valence-electron chi connectivity index (χ2n) is 1.86. The van der Waals surface area contributed by atoms with E-state index in [-0.39, 0.29) is 0 Å². The van der Waals surface area contributed by atoms with Crippen molar-refractivity contribution >= 4 is 0 Å². The summed E-state index contributed by atoms with van der Waals surface area (Å²) in [5, 5.41) is 0. The van der Waals surface area contributed by atoms with Crippen LogP contribution in [0, 0.1) is 6.08 Å². The number of nitrogens with two attached hydrogens (primary N) is 1. The van der Waals surface area contributed by atoms with Crippen molar-refractivity contribution in [3.05, 3.63) is 23.8 Å². The van der Waals surface area contributed by atoms with Crippen molar-refractivity contribution in [2.24, 2.45) is 5.73 Å². The Balaban J connectivity index is 2.43. The van der Waals surface area contributed by atoms with Gasteiger partial charge in [0.15, 0.2) is 0 Å². The van der Waals surface area contributed by atoms with E-state index in [4.69, 9.17) is 5.73 Å². The third kappa shape index (κ3) is 1.20. The molecule has 0 atom stereocenters. The summed E-state index contributed by atoms with van der Waals surface area (Å²) in [5.74, 6) is 0. The largest absolute Gasteiger partial charge is 0.327 e. The van der Waals surface area contributed by atoms with Gasteiger partial charge in [0.25, 0.3) is 0 Å². The van der Waals surface area contributed by atoms with Crippen LogP contribution in [-0.2, 0) is 0 Å². The minimum Gasteiger partial charge on any atom is -0.327 e. The molecule has 1 nitrogen and oxygen atoms in total. The van der Waals surface area contributed by atoms with Gasteiger partial charge in [0.05, 0.1) is 0 Å². The molecule has 0 heterocycles. The molecule has 0 unspecified atom stereocenters. The minimum atomic E-state index is 0.671. The van der Waals surface area contributed by atoms with Crippen LogP contribution in [0.15, 0.2) is 17.7 Å². The van der Waals surface area contributed by atoms with Crippen molar-refractivity contribution in [1.82, 2.24) is 0 Å². The summed E-state index contributed by atoms with van der Waals surface area (Å²) in [6.45, 7) is 0.671. The van der Waals surface area contributed by atoms with Crippen molar-refractivity contribution in [2.75, 3.05) is 6.54 Å². The molecular formula is C7H10N. The molecule has 0 aromatic carbocycles. The van der Waals surface area contributed by atoms with Gasteiger partial charge in [-0.1, -0.05) is 12.2 Å². The van der Waals surface area contributed by atoms with Gasteiger partial charge < -0.3 is 5.73 Å². The lowest BCUT2D eigenvalue weighted by molar-refractivity contribution is 1.00. The minimum absolute atomic E-state index is 0.671. The van der Waals surface area contributed by atoms with Gasteiger partial charge in [-0.15, -0.1) is 0 Å². The molecule has 43 valence electrons. The van der Waals surface area contributed by atoms with Gasteiger partial charge >= 0.3 is 0 Å². The molecule has 1 aliphatic carbocycles. The molecule has 8 heavy (non-hydrogen) atoms. The Kier molecular flexibility index (Phi) is 1.86. The Morgan fingerprint density at radius 3 is 2.88 bits per heavy atom. The third-order valence-corrected chi connectivity index (χ3v) is 1.25. The van der Waals surface area contributed by atoms with Crippen LogP contribution in [0.25, 0.3) is 0 Å². The summed E-state index contributed by atoms with van der Waals surface area (Å²) in [6, 6.07) is 0. The summed E-state index contributed by atoms with van der Waals surface area (Å²) in [7, 11) is 0. The fraction of sp³-hybridized carbons (Fsp3) is 0.429. The number of rotatable bonds is 1. The van der Waals surface area contributed by atoms with Crippen molar-refractivity contribution in [3.63, 3.8) is 0 Å². The first-order valence-corrected chi connectivity index (χ1v) is 2.87. The van der Waals surface area contributed by atoms with Crippen molar-refractivity contribution < 1.29 is 0 Å². The molecule has 1 rings (SSSR count). The molecule has 0 aromatic rings. The van der Waals surface area contributed by atoms with Crippen molar-refractivity contribution in [2.45, 2.75) is 12.8 Å². The Morgan fingerprint density at radius 1 is 1.62 bits per heavy atom. The Hall–Kier alpha value is -0.560. The Bertz CT molecular complexity index is 122. The van der Waals surface area contributed by atoms with E-state index in [0.717, 1.165) is 12.8 Å². The Labute approximate surface area is 49.9 Å². The van der Waals surface area contributed by atoms with Gasteiger partial charge in [-0.25, -0.2) is 0 Å². The quantitative estimate of drug-likeness (QED) is 0.499. The summed E-state index contributed by atoms with van der Waals surface area (Å²) in [4.78, 5) is 0. The second kappa shape index (κ2) is 2.68. The maximum Gasteiger partial charge on any atom is 0.0146 e. The highest BCUT2D eigenvalue weighted by molar-refractivity contribution is 5.11. The van der Waals surface area contributed by atoms with E-state index < -0.39 is 0 Å². The lowest BCUT2D eigenvalue weighted by Crippen LogP contribution is -2.03. The topological polar surface area (TPSA) is 26.0 Å². The molecule has 0 spiro atoms. The zero-order valence-electron chi connectivity index (χ0n) is 4.85. The van der Waals surface area contributed by atoms with E-state index in [1.165, 1.54) is 5.57 Å². The standard InChI is InChI=1S/C7H10N/c8-6-7-4-2-1-3-5-7/h1-2H,3-4,6,8H2. The lowest BCUT2D eigenvalue weighted by atomic mass is 10.1. The zero-order chi connectivity index (χ0) is 5.82. The molecule has 2 N–H and O–H groups in total. The van der Waals surface area contributed by atoms with Gasteiger partial charge in [-0.05, 0) is 24.5 Å². The maximum absolute atomic E-state index is 5.37. The molecule has 0 aromatic heterocycles. The van der Waals surface area contributed by atoms with Crippen molar-refractivity contribution in [1.29, 1.82) is 0 Å². The molecular weight excluding hydrogens is 98.1 g/mol. The Morgan fingerprint density at radius 2 is 2.50 bits per heavy atom. The first-order valence-electron chi connectivity index (χ1n) is 2.87. The predicted molar refractivity (Wildman–Crippen MR) is 34.2 cm³/mol. The van der Waals surface area contributed by atoms with E-state index >= 15 is 0 Å². The average molecular weight is 108 g/mol. The highest BCUT2D eigenvalue weighted by Gasteiger charge is 1.93. The van der Waals surface area contributed by atoms with Crippen molar-refractivity contribution in [3.8, 4) is 0 Å². The van der Waals surface area contributed by atoms with Gasteiger partial charge in [0, 0.05) is 6.54 Å². The van der Waals surface area contributed by atoms with Crippen LogP contribution in [0.1, 0.15) is 12.8 Å². The average Bonchev–Trinajstić information content (AvgIpc) is 1.90. The summed E-state index contributed by atoms with van der Waals surface area (Å²) in [5.41, 5.74) is 6.61. The number of allylic oxidation sites excluding steroid dienone is 3. The summed E-state index contributed by atoms with van der Waals surface area (Å²) < 4.78 is 0. The summed E-state index contributed by atoms with van der Waals surface area (Å²) in [6.07, 6.45) is 9.38. The van der Waals surface area contributed by atoms with Crippen LogP contribution in [0.2, 0.25) is 0 Å². The molecule has 1 heteroatoms. The molecule has 0 fully saturated rings. The van der Waals surface area contributed by atoms with E-state index in [9.17, 15) is 0 Å². The van der Waals surface area contributed by atoms with Crippen LogP contribution < -0.4 is 5.73 Å². The second-order valence-corrected chi connectivity index (χ2v) is 1.86. The lowest BCUT2D eigenvalue weighted by Gasteiger charge is -2.01. The van der Waals surface area contributed by atoms with E-state index in [1.807, 2.05) is 0 Å². The van der Waals surface area contributed by atoms with Gasteiger partial charge in [0.1, 0.15) is 0 Å². The molecule has 0 saturated heterocycles. The smallest absolute Gasteiger partial charge is 0.0146 e. The van der Waals surface area contributed by atoms with E-state index in [2.05, 4.69) is 18.2 Å². The highest BCUT2D eigenvalue weighted by atomic mass is 14.5. The molecule has 1 aliphatic rings.